The maximum Gasteiger partial charge on any atom is 0.0417 e. The molecule has 1 nitrogen and oxygen atoms in total. The Hall–Kier alpha value is -0.850. The Morgan fingerprint density at radius 1 is 1.45 bits per heavy atom. The molecule has 1 unspecified atom stereocenters. The number of allylic oxidation sites excluding steroid dienone is 4. The summed E-state index contributed by atoms with van der Waals surface area (Å²) in [4.78, 5) is 4.47. The van der Waals surface area contributed by atoms with Crippen LogP contribution in [-0.2, 0) is 0 Å². The lowest BCUT2D eigenvalue weighted by atomic mass is 9.89. The molecule has 1 atom stereocenters. The fourth-order valence-electron chi connectivity index (χ4n) is 1.72. The second-order valence-electron chi connectivity index (χ2n) is 3.30. The van der Waals surface area contributed by atoms with E-state index in [0.717, 1.165) is 6.54 Å². The first kappa shape index (κ1) is 6.84. The van der Waals surface area contributed by atoms with Crippen molar-refractivity contribution in [2.75, 3.05) is 6.54 Å². The Bertz CT molecular complexity index is 246. The quantitative estimate of drug-likeness (QED) is 0.498. The van der Waals surface area contributed by atoms with E-state index < -0.39 is 0 Å². The lowest BCUT2D eigenvalue weighted by Crippen LogP contribution is -2.18. The minimum Gasteiger partial charge on any atom is -0.289 e. The molecule has 0 saturated carbocycles. The lowest BCUT2D eigenvalue weighted by molar-refractivity contribution is 0.650. The molecule has 58 valence electrons. The Labute approximate surface area is 67.5 Å². The maximum absolute atomic E-state index is 4.47. The van der Waals surface area contributed by atoms with E-state index >= 15 is 0 Å². The molecule has 0 aromatic rings. The lowest BCUT2D eigenvalue weighted by Gasteiger charge is -2.21. The van der Waals surface area contributed by atoms with Crippen LogP contribution in [0.2, 0.25) is 0 Å². The summed E-state index contributed by atoms with van der Waals surface area (Å²) in [6.45, 7) is 3.19. The summed E-state index contributed by atoms with van der Waals surface area (Å²) in [7, 11) is 0. The van der Waals surface area contributed by atoms with Crippen molar-refractivity contribution in [1.29, 1.82) is 0 Å². The second kappa shape index (κ2) is 2.65. The van der Waals surface area contributed by atoms with Gasteiger partial charge in [0.05, 0.1) is 0 Å². The maximum atomic E-state index is 4.47. The summed E-state index contributed by atoms with van der Waals surface area (Å²) in [6.07, 6.45) is 9.20. The van der Waals surface area contributed by atoms with Gasteiger partial charge < -0.3 is 0 Å². The molecule has 2 rings (SSSR count). The predicted octanol–water partition coefficient (Wildman–Crippen LogP) is 2.35. The summed E-state index contributed by atoms with van der Waals surface area (Å²) in [6, 6.07) is 0. The largest absolute Gasteiger partial charge is 0.289 e. The van der Waals surface area contributed by atoms with Gasteiger partial charge >= 0.3 is 0 Å². The highest BCUT2D eigenvalue weighted by Crippen LogP contribution is 2.22. The van der Waals surface area contributed by atoms with E-state index in [1.165, 1.54) is 24.1 Å². The van der Waals surface area contributed by atoms with Crippen molar-refractivity contribution in [3.8, 4) is 0 Å². The molecular formula is C10H13N. The molecule has 0 aromatic heterocycles. The molecule has 1 heteroatoms. The van der Waals surface area contributed by atoms with Gasteiger partial charge in [-0.3, -0.25) is 4.99 Å². The SMILES string of the molecule is CC1=CC2CCCN=C2C=C1. The van der Waals surface area contributed by atoms with Crippen LogP contribution in [0.5, 0.6) is 0 Å². The van der Waals surface area contributed by atoms with Crippen molar-refractivity contribution in [2.24, 2.45) is 10.9 Å². The van der Waals surface area contributed by atoms with Gasteiger partial charge in [0.1, 0.15) is 0 Å². The number of aliphatic imine (C=N–C) groups is 1. The highest BCUT2D eigenvalue weighted by Gasteiger charge is 2.16. The topological polar surface area (TPSA) is 12.4 Å². The van der Waals surface area contributed by atoms with Crippen LogP contribution in [0.4, 0.5) is 0 Å². The number of nitrogens with zero attached hydrogens (tertiary/aromatic N) is 1. The third-order valence-corrected chi connectivity index (χ3v) is 2.33. The highest BCUT2D eigenvalue weighted by atomic mass is 14.8. The molecule has 0 bridgehead atoms. The first-order valence-corrected chi connectivity index (χ1v) is 4.27. The molecule has 0 aromatic carbocycles. The monoisotopic (exact) mass is 147 g/mol. The molecule has 0 radical (unpaired) electrons. The number of hydrogen-bond acceptors (Lipinski definition) is 1. The van der Waals surface area contributed by atoms with Crippen molar-refractivity contribution in [3.63, 3.8) is 0 Å². The molecule has 0 saturated heterocycles. The van der Waals surface area contributed by atoms with Gasteiger partial charge in [-0.1, -0.05) is 17.7 Å². The van der Waals surface area contributed by atoms with E-state index in [-0.39, 0.29) is 0 Å². The summed E-state index contributed by atoms with van der Waals surface area (Å²) in [5.41, 5.74) is 2.68. The average Bonchev–Trinajstić information content (AvgIpc) is 2.04. The van der Waals surface area contributed by atoms with Gasteiger partial charge in [-0.25, -0.2) is 0 Å². The molecule has 2 aliphatic rings. The van der Waals surface area contributed by atoms with Gasteiger partial charge in [0.25, 0.3) is 0 Å². The van der Waals surface area contributed by atoms with Crippen molar-refractivity contribution in [2.45, 2.75) is 19.8 Å². The predicted molar refractivity (Wildman–Crippen MR) is 47.9 cm³/mol. The van der Waals surface area contributed by atoms with Crippen LogP contribution in [0.15, 0.2) is 28.8 Å². The third kappa shape index (κ3) is 1.28. The zero-order chi connectivity index (χ0) is 7.68. The van der Waals surface area contributed by atoms with Gasteiger partial charge in [-0.2, -0.15) is 0 Å². The van der Waals surface area contributed by atoms with Gasteiger partial charge in [0, 0.05) is 18.2 Å². The van der Waals surface area contributed by atoms with Gasteiger partial charge in [0.2, 0.25) is 0 Å². The molecule has 0 N–H and O–H groups in total. The first-order chi connectivity index (χ1) is 5.36. The van der Waals surface area contributed by atoms with Gasteiger partial charge in [-0.05, 0) is 25.8 Å². The molecule has 11 heavy (non-hydrogen) atoms. The number of rotatable bonds is 0. The van der Waals surface area contributed by atoms with Crippen LogP contribution in [0.3, 0.4) is 0 Å². The molecule has 0 amide bonds. The zero-order valence-corrected chi connectivity index (χ0v) is 6.88. The van der Waals surface area contributed by atoms with Crippen LogP contribution in [0.25, 0.3) is 0 Å². The third-order valence-electron chi connectivity index (χ3n) is 2.33. The Morgan fingerprint density at radius 2 is 2.36 bits per heavy atom. The molecule has 1 aliphatic carbocycles. The van der Waals surface area contributed by atoms with E-state index in [0.29, 0.717) is 5.92 Å². The van der Waals surface area contributed by atoms with E-state index in [9.17, 15) is 0 Å². The van der Waals surface area contributed by atoms with Crippen molar-refractivity contribution >= 4 is 5.71 Å². The van der Waals surface area contributed by atoms with E-state index in [1.807, 2.05) is 0 Å². The molecule has 0 spiro atoms. The zero-order valence-electron chi connectivity index (χ0n) is 6.88. The van der Waals surface area contributed by atoms with E-state index in [1.54, 1.807) is 0 Å². The summed E-state index contributed by atoms with van der Waals surface area (Å²) in [5.74, 6) is 0.633. The van der Waals surface area contributed by atoms with Crippen molar-refractivity contribution in [1.82, 2.24) is 0 Å². The highest BCUT2D eigenvalue weighted by molar-refractivity contribution is 5.99. The molecule has 1 heterocycles. The Morgan fingerprint density at radius 3 is 3.27 bits per heavy atom. The normalized spacial score (nSPS) is 29.0. The average molecular weight is 147 g/mol. The number of hydrogen-bond donors (Lipinski definition) is 0. The smallest absolute Gasteiger partial charge is 0.0417 e. The summed E-state index contributed by atoms with van der Waals surface area (Å²) in [5, 5.41) is 0. The van der Waals surface area contributed by atoms with Crippen LogP contribution < -0.4 is 0 Å². The molecular weight excluding hydrogens is 134 g/mol. The minimum absolute atomic E-state index is 0.633. The first-order valence-electron chi connectivity index (χ1n) is 4.27. The van der Waals surface area contributed by atoms with Gasteiger partial charge in [-0.15, -0.1) is 0 Å². The summed E-state index contributed by atoms with van der Waals surface area (Å²) >= 11 is 0. The molecule has 1 aliphatic heterocycles. The second-order valence-corrected chi connectivity index (χ2v) is 3.30. The van der Waals surface area contributed by atoms with Crippen LogP contribution >= 0.6 is 0 Å². The standard InChI is InChI=1S/C10H13N/c1-8-4-5-10-9(7-8)3-2-6-11-10/h4-5,7,9H,2-3,6H2,1H3. The van der Waals surface area contributed by atoms with Gasteiger partial charge in [0.15, 0.2) is 0 Å². The fourth-order valence-corrected chi connectivity index (χ4v) is 1.72. The minimum atomic E-state index is 0.633. The van der Waals surface area contributed by atoms with Crippen LogP contribution in [0.1, 0.15) is 19.8 Å². The number of fused-ring (bicyclic) bond motifs is 1. The Balaban J connectivity index is 2.28. The molecule has 0 fully saturated rings. The van der Waals surface area contributed by atoms with Crippen LogP contribution in [-0.4, -0.2) is 12.3 Å². The van der Waals surface area contributed by atoms with E-state index in [4.69, 9.17) is 0 Å². The van der Waals surface area contributed by atoms with Crippen molar-refractivity contribution in [3.05, 3.63) is 23.8 Å². The van der Waals surface area contributed by atoms with Crippen LogP contribution in [0, 0.1) is 5.92 Å². The van der Waals surface area contributed by atoms with Crippen molar-refractivity contribution < 1.29 is 0 Å². The summed E-state index contributed by atoms with van der Waals surface area (Å²) < 4.78 is 0. The van der Waals surface area contributed by atoms with E-state index in [2.05, 4.69) is 30.1 Å². The fraction of sp³-hybridized carbons (Fsp3) is 0.500. The Kier molecular flexibility index (Phi) is 1.65.